The van der Waals surface area contributed by atoms with Gasteiger partial charge in [-0.15, -0.1) is 0 Å². The lowest BCUT2D eigenvalue weighted by molar-refractivity contribution is -0.139. The Hall–Kier alpha value is -3.63. The number of aromatic nitrogens is 3. The van der Waals surface area contributed by atoms with E-state index in [1.165, 1.54) is 42.0 Å². The van der Waals surface area contributed by atoms with Gasteiger partial charge in [0, 0.05) is 24.6 Å². The Labute approximate surface area is 193 Å². The molecule has 3 aromatic rings. The smallest absolute Gasteiger partial charge is 0.329 e. The molecule has 1 aromatic carbocycles. The van der Waals surface area contributed by atoms with Crippen molar-refractivity contribution in [2.75, 3.05) is 0 Å². The van der Waals surface area contributed by atoms with E-state index in [2.05, 4.69) is 9.97 Å². The number of aliphatic hydroxyl groups excluding tert-OH is 2. The molecular formula is C24H26FN3O6. The highest BCUT2D eigenvalue weighted by Crippen LogP contribution is 2.35. The number of carboxylic acid groups (broad SMARTS) is 1. The van der Waals surface area contributed by atoms with Gasteiger partial charge in [0.15, 0.2) is 0 Å². The van der Waals surface area contributed by atoms with Crippen LogP contribution in [0.15, 0.2) is 39.9 Å². The molecule has 0 radical (unpaired) electrons. The van der Waals surface area contributed by atoms with Gasteiger partial charge in [0.05, 0.1) is 29.7 Å². The van der Waals surface area contributed by atoms with Crippen LogP contribution < -0.4 is 11.2 Å². The summed E-state index contributed by atoms with van der Waals surface area (Å²) in [6.07, 6.45) is -0.215. The number of rotatable bonds is 8. The molecule has 0 aliphatic carbocycles. The third-order valence-electron chi connectivity index (χ3n) is 5.40. The average molecular weight is 471 g/mol. The lowest BCUT2D eigenvalue weighted by Gasteiger charge is -2.18. The van der Waals surface area contributed by atoms with Crippen LogP contribution in [0.4, 0.5) is 4.39 Å². The van der Waals surface area contributed by atoms with E-state index < -0.39 is 41.7 Å². The van der Waals surface area contributed by atoms with Crippen LogP contribution in [0.5, 0.6) is 0 Å². The molecule has 2 heterocycles. The Balaban J connectivity index is 2.29. The molecule has 3 rings (SSSR count). The SMILES string of the molecule is CC(C)c1nc2c(c(-c3ccc(F)cc3)c1C=CC(O)CC(O)CC(=O)O)c(=O)[nH]c(=O)n2C. The van der Waals surface area contributed by atoms with E-state index in [1.807, 2.05) is 13.8 Å². The second-order valence-corrected chi connectivity index (χ2v) is 8.38. The number of aliphatic carboxylic acids is 1. The molecular weight excluding hydrogens is 445 g/mol. The maximum absolute atomic E-state index is 13.6. The topological polar surface area (TPSA) is 146 Å². The fraction of sp³-hybridized carbons (Fsp3) is 0.333. The van der Waals surface area contributed by atoms with Crippen LogP contribution >= 0.6 is 0 Å². The second-order valence-electron chi connectivity index (χ2n) is 8.38. The molecule has 0 bridgehead atoms. The van der Waals surface area contributed by atoms with Gasteiger partial charge in [-0.1, -0.05) is 38.1 Å². The number of hydrogen-bond donors (Lipinski definition) is 4. The van der Waals surface area contributed by atoms with Gasteiger partial charge < -0.3 is 15.3 Å². The molecule has 2 atom stereocenters. The van der Waals surface area contributed by atoms with Crippen LogP contribution in [-0.4, -0.2) is 48.0 Å². The summed E-state index contributed by atoms with van der Waals surface area (Å²) >= 11 is 0. The van der Waals surface area contributed by atoms with E-state index in [0.717, 1.165) is 0 Å². The number of carboxylic acids is 1. The number of nitrogens with zero attached hydrogens (tertiary/aromatic N) is 2. The second kappa shape index (κ2) is 10.1. The van der Waals surface area contributed by atoms with Crippen molar-refractivity contribution in [3.8, 4) is 11.1 Å². The summed E-state index contributed by atoms with van der Waals surface area (Å²) in [6.45, 7) is 3.75. The molecule has 0 fully saturated rings. The Morgan fingerprint density at radius 2 is 1.85 bits per heavy atom. The molecule has 0 amide bonds. The van der Waals surface area contributed by atoms with E-state index in [4.69, 9.17) is 5.11 Å². The van der Waals surface area contributed by atoms with Gasteiger partial charge in [-0.05, 0) is 23.6 Å². The molecule has 0 aliphatic heterocycles. The first-order valence-electron chi connectivity index (χ1n) is 10.7. The zero-order valence-electron chi connectivity index (χ0n) is 18.9. The summed E-state index contributed by atoms with van der Waals surface area (Å²) in [6, 6.07) is 5.50. The number of pyridine rings is 1. The number of nitrogens with one attached hydrogen (secondary N) is 1. The number of aryl methyl sites for hydroxylation is 1. The molecule has 34 heavy (non-hydrogen) atoms. The highest BCUT2D eigenvalue weighted by Gasteiger charge is 2.22. The normalized spacial score (nSPS) is 13.6. The number of carbonyl (C=O) groups is 1. The molecule has 0 saturated carbocycles. The minimum atomic E-state index is -1.25. The molecule has 0 saturated heterocycles. The number of benzene rings is 1. The maximum atomic E-state index is 13.6. The van der Waals surface area contributed by atoms with E-state index >= 15 is 0 Å². The van der Waals surface area contributed by atoms with Gasteiger partial charge in [0.2, 0.25) is 0 Å². The van der Waals surface area contributed by atoms with Crippen LogP contribution in [0.25, 0.3) is 28.2 Å². The van der Waals surface area contributed by atoms with Crippen molar-refractivity contribution >= 4 is 23.1 Å². The van der Waals surface area contributed by atoms with Crippen LogP contribution in [0.3, 0.4) is 0 Å². The first-order valence-corrected chi connectivity index (χ1v) is 10.7. The summed E-state index contributed by atoms with van der Waals surface area (Å²) in [5.41, 5.74) is 0.779. The molecule has 10 heteroatoms. The molecule has 2 unspecified atom stereocenters. The minimum absolute atomic E-state index is 0.123. The predicted molar refractivity (Wildman–Crippen MR) is 125 cm³/mol. The number of hydrogen-bond acceptors (Lipinski definition) is 6. The Kier molecular flexibility index (Phi) is 7.43. The Bertz CT molecular complexity index is 1360. The number of fused-ring (bicyclic) bond motifs is 1. The van der Waals surface area contributed by atoms with Crippen LogP contribution in [0, 0.1) is 5.82 Å². The van der Waals surface area contributed by atoms with Crippen molar-refractivity contribution in [1.29, 1.82) is 0 Å². The summed E-state index contributed by atoms with van der Waals surface area (Å²) in [7, 11) is 1.48. The molecule has 0 aliphatic rings. The van der Waals surface area contributed by atoms with E-state index in [-0.39, 0.29) is 23.4 Å². The van der Waals surface area contributed by atoms with E-state index in [1.54, 1.807) is 6.08 Å². The first kappa shape index (κ1) is 25.0. The largest absolute Gasteiger partial charge is 0.481 e. The highest BCUT2D eigenvalue weighted by molar-refractivity contribution is 5.97. The number of aliphatic hydroxyl groups is 2. The molecule has 9 nitrogen and oxygen atoms in total. The highest BCUT2D eigenvalue weighted by atomic mass is 19.1. The zero-order valence-corrected chi connectivity index (χ0v) is 18.9. The van der Waals surface area contributed by atoms with Gasteiger partial charge in [-0.25, -0.2) is 14.2 Å². The van der Waals surface area contributed by atoms with E-state index in [0.29, 0.717) is 22.4 Å². The molecule has 2 aromatic heterocycles. The Morgan fingerprint density at radius 3 is 2.44 bits per heavy atom. The molecule has 4 N–H and O–H groups in total. The molecule has 0 spiro atoms. The zero-order chi connectivity index (χ0) is 25.2. The van der Waals surface area contributed by atoms with Gasteiger partial charge in [-0.3, -0.25) is 19.1 Å². The monoisotopic (exact) mass is 471 g/mol. The average Bonchev–Trinajstić information content (AvgIpc) is 2.75. The van der Waals surface area contributed by atoms with Crippen LogP contribution in [0.2, 0.25) is 0 Å². The summed E-state index contributed by atoms with van der Waals surface area (Å²) in [5.74, 6) is -1.81. The van der Waals surface area contributed by atoms with Gasteiger partial charge in [0.25, 0.3) is 5.56 Å². The van der Waals surface area contributed by atoms with Crippen molar-refractivity contribution < 1.29 is 24.5 Å². The van der Waals surface area contributed by atoms with Crippen molar-refractivity contribution in [2.24, 2.45) is 7.05 Å². The van der Waals surface area contributed by atoms with Crippen molar-refractivity contribution in [3.05, 3.63) is 68.3 Å². The van der Waals surface area contributed by atoms with Crippen LogP contribution in [0.1, 0.15) is 43.9 Å². The minimum Gasteiger partial charge on any atom is -0.481 e. The fourth-order valence-electron chi connectivity index (χ4n) is 3.78. The third-order valence-corrected chi connectivity index (χ3v) is 5.40. The predicted octanol–water partition coefficient (Wildman–Crippen LogP) is 2.15. The Morgan fingerprint density at radius 1 is 1.21 bits per heavy atom. The summed E-state index contributed by atoms with van der Waals surface area (Å²) < 4.78 is 14.9. The third kappa shape index (κ3) is 5.29. The van der Waals surface area contributed by atoms with Crippen molar-refractivity contribution in [3.63, 3.8) is 0 Å². The number of H-pyrrole nitrogens is 1. The lowest BCUT2D eigenvalue weighted by atomic mass is 9.91. The van der Waals surface area contributed by atoms with Crippen molar-refractivity contribution in [1.82, 2.24) is 14.5 Å². The standard InChI is InChI=1S/C24H26FN3O6/c1-12(2)21-17(9-8-15(29)10-16(30)11-18(31)32)19(13-4-6-14(25)7-5-13)20-22(26-21)28(3)24(34)27-23(20)33/h4-9,12,15-16,29-30H,10-11H2,1-3H3,(H,31,32)(H,27,33,34). The fourth-order valence-corrected chi connectivity index (χ4v) is 3.78. The summed E-state index contributed by atoms with van der Waals surface area (Å²) in [5, 5.41) is 29.1. The van der Waals surface area contributed by atoms with Crippen molar-refractivity contribution in [2.45, 2.75) is 44.8 Å². The first-order chi connectivity index (χ1) is 16.0. The quantitative estimate of drug-likeness (QED) is 0.394. The summed E-state index contributed by atoms with van der Waals surface area (Å²) in [4.78, 5) is 42.7. The van der Waals surface area contributed by atoms with Crippen LogP contribution in [-0.2, 0) is 11.8 Å². The van der Waals surface area contributed by atoms with Gasteiger partial charge in [-0.2, -0.15) is 0 Å². The number of aromatic amines is 1. The lowest BCUT2D eigenvalue weighted by Crippen LogP contribution is -2.30. The van der Waals surface area contributed by atoms with Gasteiger partial charge in [0.1, 0.15) is 11.5 Å². The maximum Gasteiger partial charge on any atom is 0.329 e. The van der Waals surface area contributed by atoms with E-state index in [9.17, 15) is 29.0 Å². The van der Waals surface area contributed by atoms with Gasteiger partial charge >= 0.3 is 11.7 Å². The number of halogens is 1. The molecule has 180 valence electrons.